The summed E-state index contributed by atoms with van der Waals surface area (Å²) in [6.45, 7) is 1.03. The maximum atomic E-state index is 12.4. The Kier molecular flexibility index (Phi) is 12.5. The molecule has 0 bridgehead atoms. The predicted molar refractivity (Wildman–Crippen MR) is 173 cm³/mol. The van der Waals surface area contributed by atoms with E-state index in [9.17, 15) is 18.0 Å². The van der Waals surface area contributed by atoms with Crippen LogP contribution in [0.15, 0.2) is 103 Å². The zero-order chi connectivity index (χ0) is 32.8. The first kappa shape index (κ1) is 33.9. The fraction of sp³-hybridized carbons (Fsp3) is 0.250. The first-order chi connectivity index (χ1) is 22.2. The minimum Gasteiger partial charge on any atom is -0.494 e. The summed E-state index contributed by atoms with van der Waals surface area (Å²) in [5.74, 6) is 0.691. The average Bonchev–Trinajstić information content (AvgIpc) is 3.03. The van der Waals surface area contributed by atoms with Crippen LogP contribution in [0.5, 0.6) is 11.5 Å². The summed E-state index contributed by atoms with van der Waals surface area (Å²) in [6.07, 6.45) is -1.18. The summed E-state index contributed by atoms with van der Waals surface area (Å²) in [5.41, 5.74) is 15.3. The van der Waals surface area contributed by atoms with Crippen LogP contribution in [-0.4, -0.2) is 38.6 Å². The Balaban J connectivity index is 1.23. The van der Waals surface area contributed by atoms with Crippen LogP contribution in [0.2, 0.25) is 0 Å². The Labute approximate surface area is 266 Å². The van der Waals surface area contributed by atoms with Crippen molar-refractivity contribution in [2.24, 2.45) is 0 Å². The molecule has 0 aliphatic carbocycles. The van der Waals surface area contributed by atoms with Gasteiger partial charge in [0.15, 0.2) is 0 Å². The van der Waals surface area contributed by atoms with Crippen LogP contribution in [0.1, 0.15) is 52.4 Å². The summed E-state index contributed by atoms with van der Waals surface area (Å²) < 4.78 is 59.9. The molecule has 4 N–H and O–H groups in total. The van der Waals surface area contributed by atoms with Crippen molar-refractivity contribution in [1.82, 2.24) is 0 Å². The Bertz CT molecular complexity index is 1520. The predicted octanol–water partition coefficient (Wildman–Crippen LogP) is 8.02. The third-order valence-corrected chi connectivity index (χ3v) is 6.70. The number of nitrogen functional groups attached to an aromatic ring is 2. The molecule has 0 saturated carbocycles. The van der Waals surface area contributed by atoms with E-state index >= 15 is 0 Å². The van der Waals surface area contributed by atoms with Crippen molar-refractivity contribution in [2.45, 2.75) is 31.5 Å². The van der Waals surface area contributed by atoms with Gasteiger partial charge in [-0.2, -0.15) is 13.2 Å². The second kappa shape index (κ2) is 16.9. The van der Waals surface area contributed by atoms with Crippen molar-refractivity contribution in [3.63, 3.8) is 0 Å². The first-order valence-electron chi connectivity index (χ1n) is 14.8. The van der Waals surface area contributed by atoms with Gasteiger partial charge in [-0.15, -0.1) is 0 Å². The zero-order valence-electron chi connectivity index (χ0n) is 25.2. The highest BCUT2D eigenvalue weighted by molar-refractivity contribution is 5.91. The number of esters is 1. The Morgan fingerprint density at radius 3 is 2.09 bits per heavy atom. The second-order valence-corrected chi connectivity index (χ2v) is 10.5. The monoisotopic (exact) mass is 634 g/mol. The fourth-order valence-electron chi connectivity index (χ4n) is 4.49. The van der Waals surface area contributed by atoms with E-state index in [4.69, 9.17) is 30.4 Å². The van der Waals surface area contributed by atoms with Gasteiger partial charge in [0.05, 0.1) is 32.0 Å². The Hall–Kier alpha value is -4.96. The van der Waals surface area contributed by atoms with Crippen molar-refractivity contribution >= 4 is 23.4 Å². The first-order valence-corrected chi connectivity index (χ1v) is 14.8. The van der Waals surface area contributed by atoms with Gasteiger partial charge in [0.2, 0.25) is 0 Å². The molecule has 4 aromatic rings. The SMILES string of the molecule is Nc1cc(N)cc(C(=O)OCCCOC/C=C/c2ccc(OC(c3ccccc3)c3ccc(OCCCC(F)(F)F)cc3)cc2)c1. The molecule has 0 saturated heterocycles. The minimum absolute atomic E-state index is 0.0101. The highest BCUT2D eigenvalue weighted by Crippen LogP contribution is 2.30. The Morgan fingerprint density at radius 1 is 0.761 bits per heavy atom. The van der Waals surface area contributed by atoms with E-state index < -0.39 is 24.7 Å². The average molecular weight is 635 g/mol. The van der Waals surface area contributed by atoms with Crippen LogP contribution < -0.4 is 20.9 Å². The van der Waals surface area contributed by atoms with E-state index in [1.165, 1.54) is 12.1 Å². The highest BCUT2D eigenvalue weighted by atomic mass is 19.4. The number of nitrogens with two attached hydrogens (primary N) is 2. The molecule has 0 aliphatic heterocycles. The number of carbonyl (C=O) groups is 1. The van der Waals surface area contributed by atoms with Gasteiger partial charge in [0.1, 0.15) is 17.6 Å². The molecule has 46 heavy (non-hydrogen) atoms. The van der Waals surface area contributed by atoms with Gasteiger partial charge in [0, 0.05) is 24.2 Å². The molecule has 0 radical (unpaired) electrons. The molecule has 0 aliphatic rings. The number of halogens is 3. The summed E-state index contributed by atoms with van der Waals surface area (Å²) in [5, 5.41) is 0. The van der Waals surface area contributed by atoms with E-state index in [1.807, 2.05) is 78.9 Å². The second-order valence-electron chi connectivity index (χ2n) is 10.5. The van der Waals surface area contributed by atoms with Gasteiger partial charge < -0.3 is 30.4 Å². The summed E-state index contributed by atoms with van der Waals surface area (Å²) in [7, 11) is 0. The number of benzene rings is 4. The lowest BCUT2D eigenvalue weighted by atomic mass is 10.0. The molecule has 0 amide bonds. The molecule has 0 aromatic heterocycles. The van der Waals surface area contributed by atoms with Crippen molar-refractivity contribution < 1.29 is 36.9 Å². The van der Waals surface area contributed by atoms with E-state index in [-0.39, 0.29) is 19.6 Å². The number of anilines is 2. The van der Waals surface area contributed by atoms with E-state index in [1.54, 1.807) is 18.2 Å². The molecule has 1 atom stereocenters. The van der Waals surface area contributed by atoms with Crippen LogP contribution >= 0.6 is 0 Å². The van der Waals surface area contributed by atoms with Crippen molar-refractivity contribution in [1.29, 1.82) is 0 Å². The van der Waals surface area contributed by atoms with Gasteiger partial charge in [-0.25, -0.2) is 4.79 Å². The van der Waals surface area contributed by atoms with Crippen LogP contribution in [-0.2, 0) is 9.47 Å². The number of rotatable bonds is 16. The topological polar surface area (TPSA) is 106 Å². The molecule has 4 aromatic carbocycles. The maximum absolute atomic E-state index is 12.4. The van der Waals surface area contributed by atoms with E-state index in [0.717, 1.165) is 16.7 Å². The maximum Gasteiger partial charge on any atom is 0.389 e. The Morgan fingerprint density at radius 2 is 1.41 bits per heavy atom. The van der Waals surface area contributed by atoms with Gasteiger partial charge in [0.25, 0.3) is 0 Å². The van der Waals surface area contributed by atoms with Crippen LogP contribution in [0.25, 0.3) is 6.08 Å². The molecule has 0 fully saturated rings. The lowest BCUT2D eigenvalue weighted by Crippen LogP contribution is -2.10. The number of ether oxygens (including phenoxy) is 4. The number of alkyl halides is 3. The molecule has 10 heteroatoms. The highest BCUT2D eigenvalue weighted by Gasteiger charge is 2.26. The quantitative estimate of drug-likeness (QED) is 0.0731. The third kappa shape index (κ3) is 11.5. The summed E-state index contributed by atoms with van der Waals surface area (Å²) in [6, 6.07) is 29.2. The van der Waals surface area contributed by atoms with Gasteiger partial charge in [-0.05, 0) is 65.6 Å². The minimum atomic E-state index is -4.19. The smallest absolute Gasteiger partial charge is 0.389 e. The molecule has 0 spiro atoms. The van der Waals surface area contributed by atoms with Crippen molar-refractivity contribution in [2.75, 3.05) is 37.9 Å². The van der Waals surface area contributed by atoms with Crippen molar-refractivity contribution in [3.05, 3.63) is 125 Å². The van der Waals surface area contributed by atoms with Gasteiger partial charge in [-0.3, -0.25) is 0 Å². The third-order valence-electron chi connectivity index (χ3n) is 6.70. The van der Waals surface area contributed by atoms with Crippen LogP contribution in [0.3, 0.4) is 0 Å². The summed E-state index contributed by atoms with van der Waals surface area (Å²) in [4.78, 5) is 12.1. The fourth-order valence-corrected chi connectivity index (χ4v) is 4.49. The summed E-state index contributed by atoms with van der Waals surface area (Å²) >= 11 is 0. The number of hydrogen-bond donors (Lipinski definition) is 2. The molecule has 7 nitrogen and oxygen atoms in total. The van der Waals surface area contributed by atoms with Gasteiger partial charge in [-0.1, -0.05) is 66.7 Å². The molecular weight excluding hydrogens is 597 g/mol. The van der Waals surface area contributed by atoms with Crippen LogP contribution in [0, 0.1) is 0 Å². The molecule has 1 unspecified atom stereocenters. The van der Waals surface area contributed by atoms with E-state index in [0.29, 0.717) is 48.1 Å². The standard InChI is InChI=1S/C36H37F3N2O5/c37-36(38,39)18-5-21-44-32-16-12-28(13-17-32)34(27-8-2-1-3-9-27)46-33-14-10-26(11-15-33)7-4-19-43-20-6-22-45-35(42)29-23-30(40)25-31(41)24-29/h1-4,7-17,23-25,34H,5-6,18-22,40-41H2/b7-4+. The lowest BCUT2D eigenvalue weighted by molar-refractivity contribution is -0.136. The lowest BCUT2D eigenvalue weighted by Gasteiger charge is -2.21. The van der Waals surface area contributed by atoms with Crippen molar-refractivity contribution in [3.8, 4) is 11.5 Å². The van der Waals surface area contributed by atoms with E-state index in [2.05, 4.69) is 0 Å². The zero-order valence-corrected chi connectivity index (χ0v) is 25.2. The molecule has 4 rings (SSSR count). The molecule has 0 heterocycles. The number of carbonyl (C=O) groups excluding carboxylic acids is 1. The van der Waals surface area contributed by atoms with Crippen LogP contribution in [0.4, 0.5) is 24.5 Å². The number of hydrogen-bond acceptors (Lipinski definition) is 7. The van der Waals surface area contributed by atoms with Gasteiger partial charge >= 0.3 is 12.1 Å². The molecule has 242 valence electrons. The normalized spacial score (nSPS) is 12.2. The molecular formula is C36H37F3N2O5. The largest absolute Gasteiger partial charge is 0.494 e.